The van der Waals surface area contributed by atoms with E-state index in [4.69, 9.17) is 4.42 Å². The van der Waals surface area contributed by atoms with Gasteiger partial charge in [0.2, 0.25) is 0 Å². The van der Waals surface area contributed by atoms with Crippen molar-refractivity contribution < 1.29 is 22.0 Å². The van der Waals surface area contributed by atoms with E-state index in [0.717, 1.165) is 30.7 Å². The normalized spacial score (nSPS) is 12.3. The fourth-order valence-electron chi connectivity index (χ4n) is 2.71. The zero-order valence-corrected chi connectivity index (χ0v) is 16.6. The van der Waals surface area contributed by atoms with Crippen molar-refractivity contribution in [3.8, 4) is 0 Å². The Bertz CT molecular complexity index is 1050. The molecule has 0 saturated heterocycles. The second kappa shape index (κ2) is 8.91. The van der Waals surface area contributed by atoms with Crippen LogP contribution in [0.15, 0.2) is 76.2 Å². The highest BCUT2D eigenvalue weighted by atomic mass is 32.2. The van der Waals surface area contributed by atoms with Crippen LogP contribution in [0.3, 0.4) is 0 Å². The molecule has 8 heteroatoms. The number of carbonyl (C=O) groups is 1. The van der Waals surface area contributed by atoms with Crippen LogP contribution in [0.2, 0.25) is 0 Å². The number of hydrogen-bond acceptors (Lipinski definition) is 4. The van der Waals surface area contributed by atoms with Crippen LogP contribution in [0.1, 0.15) is 29.5 Å². The van der Waals surface area contributed by atoms with Crippen molar-refractivity contribution in [1.82, 2.24) is 5.32 Å². The van der Waals surface area contributed by atoms with Gasteiger partial charge in [-0.25, -0.2) is 12.8 Å². The molecule has 3 aromatic rings. The molecule has 0 radical (unpaired) electrons. The zero-order valence-electron chi connectivity index (χ0n) is 15.8. The van der Waals surface area contributed by atoms with E-state index in [9.17, 15) is 17.6 Å². The van der Waals surface area contributed by atoms with E-state index in [0.29, 0.717) is 11.3 Å². The summed E-state index contributed by atoms with van der Waals surface area (Å²) in [5.41, 5.74) is 0.719. The van der Waals surface area contributed by atoms with Crippen LogP contribution < -0.4 is 10.0 Å². The maximum absolute atomic E-state index is 13.0. The van der Waals surface area contributed by atoms with Crippen molar-refractivity contribution in [2.24, 2.45) is 0 Å². The van der Waals surface area contributed by atoms with Crippen LogP contribution >= 0.6 is 0 Å². The molecule has 1 heterocycles. The van der Waals surface area contributed by atoms with Gasteiger partial charge in [-0.2, -0.15) is 0 Å². The summed E-state index contributed by atoms with van der Waals surface area (Å²) in [6.45, 7) is 1.91. The van der Waals surface area contributed by atoms with Crippen LogP contribution in [-0.2, 0) is 16.4 Å². The third-order valence-electron chi connectivity index (χ3n) is 4.30. The largest absolute Gasteiger partial charge is 0.469 e. The number of carbonyl (C=O) groups excluding carboxylic acids is 1. The number of furan rings is 1. The summed E-state index contributed by atoms with van der Waals surface area (Å²) in [5, 5.41) is 2.90. The number of hydrogen-bond donors (Lipinski definition) is 2. The first-order chi connectivity index (χ1) is 13.8. The van der Waals surface area contributed by atoms with Gasteiger partial charge in [0, 0.05) is 23.7 Å². The standard InChI is InChI=1S/C21H21FN2O4S/c1-15(4-11-19-3-2-14-28-19)23-21(25)16-5-9-18(10-6-16)24-29(26,27)20-12-7-17(22)8-13-20/h2-3,5-10,12-15,24H,4,11H2,1H3,(H,23,25)/t15-/m1/s1. The van der Waals surface area contributed by atoms with Gasteiger partial charge >= 0.3 is 0 Å². The smallest absolute Gasteiger partial charge is 0.261 e. The van der Waals surface area contributed by atoms with E-state index in [1.807, 2.05) is 19.1 Å². The molecule has 0 saturated carbocycles. The topological polar surface area (TPSA) is 88.4 Å². The number of amides is 1. The average Bonchev–Trinajstić information content (AvgIpc) is 3.20. The lowest BCUT2D eigenvalue weighted by Gasteiger charge is -2.14. The molecule has 152 valence electrons. The molecule has 0 aliphatic rings. The molecule has 2 aromatic carbocycles. The third kappa shape index (κ3) is 5.68. The van der Waals surface area contributed by atoms with Gasteiger partial charge in [0.1, 0.15) is 11.6 Å². The third-order valence-corrected chi connectivity index (χ3v) is 5.70. The monoisotopic (exact) mass is 416 g/mol. The molecular formula is C21H21FN2O4S. The lowest BCUT2D eigenvalue weighted by Crippen LogP contribution is -2.32. The number of benzene rings is 2. The van der Waals surface area contributed by atoms with Crippen LogP contribution in [0, 0.1) is 5.82 Å². The molecule has 3 rings (SSSR count). The number of nitrogens with one attached hydrogen (secondary N) is 2. The first-order valence-electron chi connectivity index (χ1n) is 9.05. The summed E-state index contributed by atoms with van der Waals surface area (Å²) in [4.78, 5) is 12.3. The number of anilines is 1. The van der Waals surface area contributed by atoms with Crippen molar-refractivity contribution in [2.75, 3.05) is 4.72 Å². The Balaban J connectivity index is 1.57. The number of aryl methyl sites for hydroxylation is 1. The number of rotatable bonds is 8. The molecule has 1 amide bonds. The number of halogens is 1. The molecule has 2 N–H and O–H groups in total. The minimum atomic E-state index is -3.84. The Morgan fingerprint density at radius 1 is 1.07 bits per heavy atom. The lowest BCUT2D eigenvalue weighted by molar-refractivity contribution is 0.0938. The summed E-state index contributed by atoms with van der Waals surface area (Å²) in [6, 6.07) is 14.3. The Kier molecular flexibility index (Phi) is 6.33. The summed E-state index contributed by atoms with van der Waals surface area (Å²) in [5.74, 6) is 0.103. The predicted octanol–water partition coefficient (Wildman–Crippen LogP) is 3.97. The van der Waals surface area contributed by atoms with Crippen LogP contribution in [0.4, 0.5) is 10.1 Å². The summed E-state index contributed by atoms with van der Waals surface area (Å²) in [6.07, 6.45) is 3.07. The minimum absolute atomic E-state index is 0.0499. The molecule has 0 fully saturated rings. The first kappa shape index (κ1) is 20.6. The molecule has 0 bridgehead atoms. The molecule has 0 aliphatic heterocycles. The Labute approximate surface area is 168 Å². The summed E-state index contributed by atoms with van der Waals surface area (Å²) in [7, 11) is -3.84. The van der Waals surface area contributed by atoms with Gasteiger partial charge in [-0.05, 0) is 74.0 Å². The van der Waals surface area contributed by atoms with Gasteiger partial charge in [-0.15, -0.1) is 0 Å². The van der Waals surface area contributed by atoms with Crippen molar-refractivity contribution in [1.29, 1.82) is 0 Å². The van der Waals surface area contributed by atoms with Crippen molar-refractivity contribution in [3.05, 3.63) is 84.1 Å². The van der Waals surface area contributed by atoms with Gasteiger partial charge in [-0.1, -0.05) is 0 Å². The Hall–Kier alpha value is -3.13. The highest BCUT2D eigenvalue weighted by Gasteiger charge is 2.15. The summed E-state index contributed by atoms with van der Waals surface area (Å²) >= 11 is 0. The number of sulfonamides is 1. The van der Waals surface area contributed by atoms with Gasteiger partial charge in [0.05, 0.1) is 11.2 Å². The second-order valence-corrected chi connectivity index (χ2v) is 8.31. The Morgan fingerprint density at radius 2 is 1.76 bits per heavy atom. The fraction of sp³-hybridized carbons (Fsp3) is 0.190. The van der Waals surface area contributed by atoms with Crippen LogP contribution in [0.25, 0.3) is 0 Å². The highest BCUT2D eigenvalue weighted by molar-refractivity contribution is 7.92. The lowest BCUT2D eigenvalue weighted by atomic mass is 10.1. The van der Waals surface area contributed by atoms with E-state index in [1.165, 1.54) is 36.4 Å². The molecule has 0 spiro atoms. The molecule has 0 unspecified atom stereocenters. The SMILES string of the molecule is C[C@H](CCc1ccco1)NC(=O)c1ccc(NS(=O)(=O)c2ccc(F)cc2)cc1. The van der Waals surface area contributed by atoms with Crippen molar-refractivity contribution in [3.63, 3.8) is 0 Å². The second-order valence-electron chi connectivity index (χ2n) is 6.63. The fourth-order valence-corrected chi connectivity index (χ4v) is 3.77. The highest BCUT2D eigenvalue weighted by Crippen LogP contribution is 2.17. The minimum Gasteiger partial charge on any atom is -0.469 e. The molecule has 29 heavy (non-hydrogen) atoms. The van der Waals surface area contributed by atoms with E-state index >= 15 is 0 Å². The van der Waals surface area contributed by atoms with Crippen molar-refractivity contribution >= 4 is 21.6 Å². The Morgan fingerprint density at radius 3 is 2.38 bits per heavy atom. The maximum atomic E-state index is 13.0. The quantitative estimate of drug-likeness (QED) is 0.582. The van der Waals surface area contributed by atoms with Gasteiger partial charge in [-0.3, -0.25) is 9.52 Å². The summed E-state index contributed by atoms with van der Waals surface area (Å²) < 4.78 is 45.3. The molecule has 6 nitrogen and oxygen atoms in total. The molecule has 1 aromatic heterocycles. The van der Waals surface area contributed by atoms with Crippen molar-refractivity contribution in [2.45, 2.75) is 30.7 Å². The van der Waals surface area contributed by atoms with E-state index in [2.05, 4.69) is 10.0 Å². The maximum Gasteiger partial charge on any atom is 0.261 e. The predicted molar refractivity (Wildman–Crippen MR) is 108 cm³/mol. The van der Waals surface area contributed by atoms with Crippen LogP contribution in [0.5, 0.6) is 0 Å². The van der Waals surface area contributed by atoms with Crippen LogP contribution in [-0.4, -0.2) is 20.4 Å². The van der Waals surface area contributed by atoms with Gasteiger partial charge in [0.25, 0.3) is 15.9 Å². The first-order valence-corrected chi connectivity index (χ1v) is 10.5. The zero-order chi connectivity index (χ0) is 20.9. The van der Waals surface area contributed by atoms with Gasteiger partial charge < -0.3 is 9.73 Å². The van der Waals surface area contributed by atoms with E-state index < -0.39 is 15.8 Å². The van der Waals surface area contributed by atoms with E-state index in [-0.39, 0.29) is 16.8 Å². The molecule has 1 atom stereocenters. The van der Waals surface area contributed by atoms with Gasteiger partial charge in [0.15, 0.2) is 0 Å². The molecule has 0 aliphatic carbocycles. The van der Waals surface area contributed by atoms with E-state index in [1.54, 1.807) is 6.26 Å². The molecular weight excluding hydrogens is 395 g/mol. The average molecular weight is 416 g/mol.